The molecule has 1 aliphatic rings. The van der Waals surface area contributed by atoms with Gasteiger partial charge in [-0.1, -0.05) is 42.1 Å². The maximum absolute atomic E-state index is 6.29. The van der Waals surface area contributed by atoms with Gasteiger partial charge in [-0.15, -0.1) is 11.3 Å². The average Bonchev–Trinajstić information content (AvgIpc) is 3.11. The molecule has 1 fully saturated rings. The highest BCUT2D eigenvalue weighted by atomic mass is 35.5. The number of aromatic nitrogens is 1. The Morgan fingerprint density at radius 3 is 2.71 bits per heavy atom. The number of anilines is 1. The van der Waals surface area contributed by atoms with Crippen molar-refractivity contribution in [2.75, 3.05) is 5.32 Å². The second-order valence-corrected chi connectivity index (χ2v) is 7.33. The van der Waals surface area contributed by atoms with Gasteiger partial charge in [-0.3, -0.25) is 0 Å². The second-order valence-electron chi connectivity index (χ2n) is 5.61. The van der Waals surface area contributed by atoms with E-state index in [0.29, 0.717) is 22.3 Å². The Morgan fingerprint density at radius 2 is 2.10 bits per heavy atom. The van der Waals surface area contributed by atoms with Crippen LogP contribution in [0.25, 0.3) is 0 Å². The Bertz CT molecular complexity index is 584. The fraction of sp³-hybridized carbons (Fsp3) is 0.438. The molecule has 5 heteroatoms. The number of aryl methyl sites for hydroxylation is 1. The van der Waals surface area contributed by atoms with Gasteiger partial charge in [-0.25, -0.2) is 4.98 Å². The summed E-state index contributed by atoms with van der Waals surface area (Å²) < 4.78 is 0. The standard InChI is InChI=1S/C16H18Cl2N2S/c1-10-9-13(17)19-16(18)14(10)20-15(11-5-2-3-6-11)12-7-4-8-21-12/h4,7-9,11,15,20H,2-3,5-6H2,1H3. The molecule has 1 N–H and O–H groups in total. The third kappa shape index (κ3) is 3.36. The molecule has 0 radical (unpaired) electrons. The van der Waals surface area contributed by atoms with Crippen molar-refractivity contribution >= 4 is 40.2 Å². The topological polar surface area (TPSA) is 24.9 Å². The van der Waals surface area contributed by atoms with Crippen molar-refractivity contribution in [1.82, 2.24) is 4.98 Å². The van der Waals surface area contributed by atoms with E-state index < -0.39 is 0 Å². The summed E-state index contributed by atoms with van der Waals surface area (Å²) in [7, 11) is 0. The fourth-order valence-corrected chi connectivity index (χ4v) is 4.56. The number of nitrogens with one attached hydrogen (secondary N) is 1. The lowest BCUT2D eigenvalue weighted by Gasteiger charge is -2.26. The summed E-state index contributed by atoms with van der Waals surface area (Å²) in [5.41, 5.74) is 1.95. The van der Waals surface area contributed by atoms with Crippen molar-refractivity contribution in [2.45, 2.75) is 38.6 Å². The first-order valence-electron chi connectivity index (χ1n) is 7.27. The van der Waals surface area contributed by atoms with Gasteiger partial charge >= 0.3 is 0 Å². The molecule has 2 aromatic rings. The maximum Gasteiger partial charge on any atom is 0.154 e. The van der Waals surface area contributed by atoms with Crippen LogP contribution in [-0.4, -0.2) is 4.98 Å². The predicted octanol–water partition coefficient (Wildman–Crippen LogP) is 6.10. The van der Waals surface area contributed by atoms with E-state index in [-0.39, 0.29) is 0 Å². The molecule has 1 unspecified atom stereocenters. The van der Waals surface area contributed by atoms with Gasteiger partial charge in [0.2, 0.25) is 0 Å². The summed E-state index contributed by atoms with van der Waals surface area (Å²) in [4.78, 5) is 5.54. The molecule has 0 bridgehead atoms. The zero-order chi connectivity index (χ0) is 14.8. The number of nitrogens with zero attached hydrogens (tertiary/aromatic N) is 1. The van der Waals surface area contributed by atoms with Crippen molar-refractivity contribution < 1.29 is 0 Å². The quantitative estimate of drug-likeness (QED) is 0.680. The minimum Gasteiger partial charge on any atom is -0.374 e. The molecule has 1 atom stereocenters. The zero-order valence-electron chi connectivity index (χ0n) is 11.9. The number of halogens is 2. The van der Waals surface area contributed by atoms with Crippen molar-refractivity contribution in [3.05, 3.63) is 44.3 Å². The Hall–Kier alpha value is -0.770. The van der Waals surface area contributed by atoms with E-state index in [1.165, 1.54) is 30.6 Å². The van der Waals surface area contributed by atoms with Crippen LogP contribution in [0.2, 0.25) is 10.3 Å². The van der Waals surface area contributed by atoms with Gasteiger partial charge in [0.05, 0.1) is 11.7 Å². The summed E-state index contributed by atoms with van der Waals surface area (Å²) in [5.74, 6) is 0.662. The number of rotatable bonds is 4. The van der Waals surface area contributed by atoms with E-state index in [4.69, 9.17) is 23.2 Å². The van der Waals surface area contributed by atoms with Crippen LogP contribution >= 0.6 is 34.5 Å². The van der Waals surface area contributed by atoms with Crippen molar-refractivity contribution in [2.24, 2.45) is 5.92 Å². The number of pyridine rings is 1. The Balaban J connectivity index is 1.91. The van der Waals surface area contributed by atoms with Crippen LogP contribution in [0, 0.1) is 12.8 Å². The van der Waals surface area contributed by atoms with Crippen LogP contribution in [-0.2, 0) is 0 Å². The van der Waals surface area contributed by atoms with Gasteiger partial charge in [-0.05, 0) is 48.8 Å². The SMILES string of the molecule is Cc1cc(Cl)nc(Cl)c1NC(c1cccs1)C1CCCC1. The molecule has 0 saturated heterocycles. The van der Waals surface area contributed by atoms with Crippen LogP contribution in [0.15, 0.2) is 23.6 Å². The third-order valence-electron chi connectivity index (χ3n) is 4.16. The first-order valence-corrected chi connectivity index (χ1v) is 8.91. The van der Waals surface area contributed by atoms with E-state index >= 15 is 0 Å². The van der Waals surface area contributed by atoms with E-state index in [2.05, 4.69) is 27.8 Å². The lowest BCUT2D eigenvalue weighted by molar-refractivity contribution is 0.475. The Labute approximate surface area is 139 Å². The first-order chi connectivity index (χ1) is 10.1. The monoisotopic (exact) mass is 340 g/mol. The van der Waals surface area contributed by atoms with Gasteiger partial charge in [0.15, 0.2) is 5.15 Å². The summed E-state index contributed by atoms with van der Waals surface area (Å²) in [6, 6.07) is 6.48. The molecule has 2 nitrogen and oxygen atoms in total. The van der Waals surface area contributed by atoms with Gasteiger partial charge in [-0.2, -0.15) is 0 Å². The molecule has 21 heavy (non-hydrogen) atoms. The Kier molecular flexibility index (Phi) is 4.72. The van der Waals surface area contributed by atoms with E-state index in [1.54, 1.807) is 11.3 Å². The van der Waals surface area contributed by atoms with Gasteiger partial charge in [0.1, 0.15) is 5.15 Å². The molecule has 112 valence electrons. The van der Waals surface area contributed by atoms with Crippen LogP contribution in [0.3, 0.4) is 0 Å². The van der Waals surface area contributed by atoms with Crippen LogP contribution in [0.1, 0.15) is 42.2 Å². The summed E-state index contributed by atoms with van der Waals surface area (Å²) >= 11 is 14.1. The largest absolute Gasteiger partial charge is 0.374 e. The van der Waals surface area contributed by atoms with Crippen molar-refractivity contribution in [3.63, 3.8) is 0 Å². The molecule has 2 heterocycles. The molecule has 1 aliphatic carbocycles. The van der Waals surface area contributed by atoms with Gasteiger partial charge in [0, 0.05) is 4.88 Å². The van der Waals surface area contributed by atoms with E-state index in [9.17, 15) is 0 Å². The third-order valence-corrected chi connectivity index (χ3v) is 5.58. The molecule has 1 saturated carbocycles. The van der Waals surface area contributed by atoms with Crippen LogP contribution in [0.4, 0.5) is 5.69 Å². The average molecular weight is 341 g/mol. The first kappa shape index (κ1) is 15.1. The zero-order valence-corrected chi connectivity index (χ0v) is 14.2. The van der Waals surface area contributed by atoms with Gasteiger partial charge in [0.25, 0.3) is 0 Å². The fourth-order valence-electron chi connectivity index (χ4n) is 3.10. The minimum absolute atomic E-state index is 0.312. The highest BCUT2D eigenvalue weighted by molar-refractivity contribution is 7.10. The molecular formula is C16H18Cl2N2S. The van der Waals surface area contributed by atoms with Crippen LogP contribution in [0.5, 0.6) is 0 Å². The van der Waals surface area contributed by atoms with Gasteiger partial charge < -0.3 is 5.32 Å². The maximum atomic E-state index is 6.29. The highest BCUT2D eigenvalue weighted by Crippen LogP contribution is 2.41. The number of thiophene rings is 1. The summed E-state index contributed by atoms with van der Waals surface area (Å²) in [6.45, 7) is 2.02. The smallest absolute Gasteiger partial charge is 0.154 e. The lowest BCUT2D eigenvalue weighted by Crippen LogP contribution is -2.19. The number of hydrogen-bond donors (Lipinski definition) is 1. The second kappa shape index (κ2) is 6.55. The summed E-state index contributed by atoms with van der Waals surface area (Å²) in [6.07, 6.45) is 5.18. The molecular weight excluding hydrogens is 323 g/mol. The summed E-state index contributed by atoms with van der Waals surface area (Å²) in [5, 5.41) is 6.68. The molecule has 3 rings (SSSR count). The van der Waals surface area contributed by atoms with Crippen molar-refractivity contribution in [3.8, 4) is 0 Å². The normalized spacial score (nSPS) is 17.1. The van der Waals surface area contributed by atoms with E-state index in [1.807, 2.05) is 13.0 Å². The molecule has 0 aliphatic heterocycles. The minimum atomic E-state index is 0.312. The Morgan fingerprint density at radius 1 is 1.33 bits per heavy atom. The molecule has 0 spiro atoms. The number of hydrogen-bond acceptors (Lipinski definition) is 3. The molecule has 2 aromatic heterocycles. The van der Waals surface area contributed by atoms with Crippen molar-refractivity contribution in [1.29, 1.82) is 0 Å². The predicted molar refractivity (Wildman–Crippen MR) is 91.6 cm³/mol. The highest BCUT2D eigenvalue weighted by Gasteiger charge is 2.28. The van der Waals surface area contributed by atoms with Crippen LogP contribution < -0.4 is 5.32 Å². The lowest BCUT2D eigenvalue weighted by atomic mass is 9.96. The molecule has 0 amide bonds. The molecule has 0 aromatic carbocycles. The van der Waals surface area contributed by atoms with E-state index in [0.717, 1.165) is 11.3 Å².